The van der Waals surface area contributed by atoms with Crippen LogP contribution in [-0.2, 0) is 0 Å². The van der Waals surface area contributed by atoms with Crippen LogP contribution in [-0.4, -0.2) is 17.7 Å². The molecule has 108 valence electrons. The van der Waals surface area contributed by atoms with Crippen molar-refractivity contribution in [3.05, 3.63) is 48.0 Å². The second-order valence-electron chi connectivity index (χ2n) is 6.45. The minimum Gasteiger partial charge on any atom is -0.338 e. The van der Waals surface area contributed by atoms with Crippen LogP contribution in [0, 0.1) is 0 Å². The summed E-state index contributed by atoms with van der Waals surface area (Å²) in [6.45, 7) is 6.80. The summed E-state index contributed by atoms with van der Waals surface area (Å²) < 4.78 is 2.46. The molecule has 1 fully saturated rings. The van der Waals surface area contributed by atoms with E-state index in [1.807, 2.05) is 0 Å². The molecule has 1 aromatic heterocycles. The number of benzene rings is 2. The van der Waals surface area contributed by atoms with E-state index in [9.17, 15) is 0 Å². The van der Waals surface area contributed by atoms with Gasteiger partial charge in [-0.2, -0.15) is 0 Å². The molecule has 2 nitrogen and oxygen atoms in total. The van der Waals surface area contributed by atoms with Gasteiger partial charge >= 0.3 is 0 Å². The fraction of sp³-hybridized carbons (Fsp3) is 0.368. The lowest BCUT2D eigenvalue weighted by Crippen LogP contribution is -2.07. The third-order valence-corrected chi connectivity index (χ3v) is 4.78. The molecule has 2 aromatic carbocycles. The minimum atomic E-state index is 0.478. The summed E-state index contributed by atoms with van der Waals surface area (Å²) in [4.78, 5) is 0. The molecule has 1 saturated heterocycles. The molecule has 0 amide bonds. The minimum absolute atomic E-state index is 0.478. The van der Waals surface area contributed by atoms with Gasteiger partial charge in [-0.25, -0.2) is 0 Å². The third kappa shape index (κ3) is 1.97. The molecule has 1 aliphatic heterocycles. The van der Waals surface area contributed by atoms with E-state index >= 15 is 0 Å². The smallest absolute Gasteiger partial charge is 0.0493 e. The van der Waals surface area contributed by atoms with Crippen molar-refractivity contribution in [1.82, 2.24) is 9.88 Å². The van der Waals surface area contributed by atoms with Crippen molar-refractivity contribution in [2.24, 2.45) is 0 Å². The summed E-state index contributed by atoms with van der Waals surface area (Å²) >= 11 is 0. The lowest BCUT2D eigenvalue weighted by atomic mass is 9.96. The first-order valence-electron chi connectivity index (χ1n) is 7.99. The van der Waals surface area contributed by atoms with E-state index < -0.39 is 0 Å². The molecule has 4 rings (SSSR count). The highest BCUT2D eigenvalue weighted by atomic mass is 15.0. The van der Waals surface area contributed by atoms with E-state index in [4.69, 9.17) is 0 Å². The van der Waals surface area contributed by atoms with E-state index in [1.54, 1.807) is 0 Å². The van der Waals surface area contributed by atoms with Crippen LogP contribution in [0.4, 0.5) is 0 Å². The third-order valence-electron chi connectivity index (χ3n) is 4.78. The molecule has 1 aliphatic rings. The van der Waals surface area contributed by atoms with Crippen molar-refractivity contribution in [2.45, 2.75) is 32.2 Å². The Morgan fingerprint density at radius 1 is 1.05 bits per heavy atom. The summed E-state index contributed by atoms with van der Waals surface area (Å²) in [5.74, 6) is 0.676. The van der Waals surface area contributed by atoms with Crippen LogP contribution in [0.25, 0.3) is 21.8 Å². The molecule has 0 saturated carbocycles. The van der Waals surface area contributed by atoms with Crippen LogP contribution in [0.1, 0.15) is 37.8 Å². The molecule has 1 N–H and O–H groups in total. The first-order chi connectivity index (χ1) is 10.3. The second-order valence-corrected chi connectivity index (χ2v) is 6.45. The summed E-state index contributed by atoms with van der Waals surface area (Å²) in [5.41, 5.74) is 4.20. The molecule has 2 heteroatoms. The zero-order chi connectivity index (χ0) is 14.4. The summed E-state index contributed by atoms with van der Waals surface area (Å²) in [7, 11) is 0. The Kier molecular flexibility index (Phi) is 3.00. The summed E-state index contributed by atoms with van der Waals surface area (Å²) in [6.07, 6.45) is 1.26. The standard InChI is InChI=1S/C19H22N2/c1-13(2)21-18-6-4-3-5-16(18)17-11-14(7-8-19(17)21)15-9-10-20-12-15/h3-8,11,13,15,20H,9-10,12H2,1-2H3. The van der Waals surface area contributed by atoms with Gasteiger partial charge in [-0.15, -0.1) is 0 Å². The van der Waals surface area contributed by atoms with Gasteiger partial charge in [0.15, 0.2) is 0 Å². The zero-order valence-electron chi connectivity index (χ0n) is 12.8. The Balaban J connectivity index is 2.00. The summed E-state index contributed by atoms with van der Waals surface area (Å²) in [5, 5.41) is 6.26. The fourth-order valence-electron chi connectivity index (χ4n) is 3.77. The number of rotatable bonds is 2. The number of para-hydroxylation sites is 1. The fourth-order valence-corrected chi connectivity index (χ4v) is 3.77. The first kappa shape index (κ1) is 12.9. The van der Waals surface area contributed by atoms with Crippen molar-refractivity contribution in [3.63, 3.8) is 0 Å². The Hall–Kier alpha value is -1.80. The van der Waals surface area contributed by atoms with Gasteiger partial charge in [-0.1, -0.05) is 24.3 Å². The molecule has 1 atom stereocenters. The molecule has 0 radical (unpaired) electrons. The van der Waals surface area contributed by atoms with Crippen molar-refractivity contribution in [2.75, 3.05) is 13.1 Å². The Morgan fingerprint density at radius 3 is 2.62 bits per heavy atom. The molecule has 21 heavy (non-hydrogen) atoms. The topological polar surface area (TPSA) is 17.0 Å². The molecule has 0 spiro atoms. The highest BCUT2D eigenvalue weighted by Gasteiger charge is 2.19. The summed E-state index contributed by atoms with van der Waals surface area (Å²) in [6, 6.07) is 16.3. The van der Waals surface area contributed by atoms with Crippen molar-refractivity contribution in [3.8, 4) is 0 Å². The van der Waals surface area contributed by atoms with Gasteiger partial charge in [-0.05, 0) is 56.5 Å². The second kappa shape index (κ2) is 4.88. The predicted octanol–water partition coefficient (Wildman–Crippen LogP) is 4.45. The van der Waals surface area contributed by atoms with Gasteiger partial charge in [0.1, 0.15) is 0 Å². The lowest BCUT2D eigenvalue weighted by molar-refractivity contribution is 0.642. The largest absolute Gasteiger partial charge is 0.338 e. The maximum atomic E-state index is 3.47. The van der Waals surface area contributed by atoms with Crippen LogP contribution in [0.3, 0.4) is 0 Å². The average molecular weight is 278 g/mol. The number of nitrogens with zero attached hydrogens (tertiary/aromatic N) is 1. The maximum Gasteiger partial charge on any atom is 0.0493 e. The molecular formula is C19H22N2. The SMILES string of the molecule is CC(C)n1c2ccccc2c2cc(C3CCNC3)ccc21. The highest BCUT2D eigenvalue weighted by Crippen LogP contribution is 2.34. The van der Waals surface area contributed by atoms with Crippen molar-refractivity contribution < 1.29 is 0 Å². The normalized spacial score (nSPS) is 19.1. The van der Waals surface area contributed by atoms with Gasteiger partial charge < -0.3 is 9.88 Å². The van der Waals surface area contributed by atoms with E-state index in [1.165, 1.54) is 33.8 Å². The van der Waals surface area contributed by atoms with Crippen LogP contribution < -0.4 is 5.32 Å². The molecule has 1 unspecified atom stereocenters. The van der Waals surface area contributed by atoms with Gasteiger partial charge in [-0.3, -0.25) is 0 Å². The van der Waals surface area contributed by atoms with Crippen LogP contribution in [0.2, 0.25) is 0 Å². The average Bonchev–Trinajstić information content (AvgIpc) is 3.12. The van der Waals surface area contributed by atoms with Crippen molar-refractivity contribution in [1.29, 1.82) is 0 Å². The van der Waals surface area contributed by atoms with E-state index in [0.29, 0.717) is 12.0 Å². The molecule has 3 aromatic rings. The predicted molar refractivity (Wildman–Crippen MR) is 90.1 cm³/mol. The number of aromatic nitrogens is 1. The van der Waals surface area contributed by atoms with Gasteiger partial charge in [0, 0.05) is 34.4 Å². The number of nitrogens with one attached hydrogen (secondary N) is 1. The van der Waals surface area contributed by atoms with Gasteiger partial charge in [0.25, 0.3) is 0 Å². The number of hydrogen-bond acceptors (Lipinski definition) is 1. The van der Waals surface area contributed by atoms with E-state index in [-0.39, 0.29) is 0 Å². The monoisotopic (exact) mass is 278 g/mol. The van der Waals surface area contributed by atoms with Crippen molar-refractivity contribution >= 4 is 21.8 Å². The molecule has 0 aliphatic carbocycles. The Bertz CT molecular complexity index is 792. The first-order valence-corrected chi connectivity index (χ1v) is 7.99. The van der Waals surface area contributed by atoms with E-state index in [0.717, 1.165) is 13.1 Å². The van der Waals surface area contributed by atoms with Crippen LogP contribution in [0.15, 0.2) is 42.5 Å². The van der Waals surface area contributed by atoms with E-state index in [2.05, 4.69) is 66.2 Å². The quantitative estimate of drug-likeness (QED) is 0.732. The molecule has 0 bridgehead atoms. The van der Waals surface area contributed by atoms with Gasteiger partial charge in [0.2, 0.25) is 0 Å². The van der Waals surface area contributed by atoms with Crippen LogP contribution >= 0.6 is 0 Å². The lowest BCUT2D eigenvalue weighted by Gasteiger charge is -2.12. The maximum absolute atomic E-state index is 3.47. The molecular weight excluding hydrogens is 256 g/mol. The Morgan fingerprint density at radius 2 is 1.86 bits per heavy atom. The van der Waals surface area contributed by atoms with Gasteiger partial charge in [0.05, 0.1) is 0 Å². The zero-order valence-corrected chi connectivity index (χ0v) is 12.8. The molecule has 2 heterocycles. The van der Waals surface area contributed by atoms with Crippen LogP contribution in [0.5, 0.6) is 0 Å². The Labute approximate surface area is 125 Å². The number of hydrogen-bond donors (Lipinski definition) is 1. The number of fused-ring (bicyclic) bond motifs is 3. The highest BCUT2D eigenvalue weighted by molar-refractivity contribution is 6.08.